The Morgan fingerprint density at radius 2 is 1.63 bits per heavy atom. The Balaban J connectivity index is 1.91. The van der Waals surface area contributed by atoms with Crippen LogP contribution in [0.25, 0.3) is 0 Å². The van der Waals surface area contributed by atoms with E-state index in [1.807, 2.05) is 80.6 Å². The summed E-state index contributed by atoms with van der Waals surface area (Å²) in [7, 11) is -2.00. The summed E-state index contributed by atoms with van der Waals surface area (Å²) >= 11 is 0. The predicted molar refractivity (Wildman–Crippen MR) is 173 cm³/mol. The van der Waals surface area contributed by atoms with Gasteiger partial charge in [-0.05, 0) is 67.1 Å². The fourth-order valence-electron chi connectivity index (χ4n) is 5.02. The Morgan fingerprint density at radius 1 is 0.930 bits per heavy atom. The van der Waals surface area contributed by atoms with Gasteiger partial charge in [0.1, 0.15) is 11.8 Å². The van der Waals surface area contributed by atoms with Gasteiger partial charge in [0.15, 0.2) is 0 Å². The molecule has 1 N–H and O–H groups in total. The lowest BCUT2D eigenvalue weighted by molar-refractivity contribution is -0.141. The van der Waals surface area contributed by atoms with Crippen LogP contribution in [0.5, 0.6) is 5.75 Å². The predicted octanol–water partition coefficient (Wildman–Crippen LogP) is 5.41. The van der Waals surface area contributed by atoms with Crippen LogP contribution in [-0.4, -0.2) is 57.6 Å². The van der Waals surface area contributed by atoms with Gasteiger partial charge in [-0.15, -0.1) is 0 Å². The topological polar surface area (TPSA) is 96.0 Å². The molecule has 3 aromatic carbocycles. The van der Waals surface area contributed by atoms with Gasteiger partial charge < -0.3 is 15.0 Å². The monoisotopic (exact) mass is 607 g/mol. The molecule has 0 unspecified atom stereocenters. The summed E-state index contributed by atoms with van der Waals surface area (Å²) in [5.41, 5.74) is 4.26. The van der Waals surface area contributed by atoms with Gasteiger partial charge in [0.2, 0.25) is 21.8 Å². The lowest BCUT2D eigenvalue weighted by Gasteiger charge is -2.32. The zero-order valence-electron chi connectivity index (χ0n) is 26.0. The number of nitrogens with one attached hydrogen (secondary N) is 1. The molecule has 0 saturated carbocycles. The fourth-order valence-corrected chi connectivity index (χ4v) is 6.03. The van der Waals surface area contributed by atoms with Crippen molar-refractivity contribution in [1.82, 2.24) is 10.2 Å². The molecule has 0 bridgehead atoms. The minimum atomic E-state index is -3.58. The van der Waals surface area contributed by atoms with E-state index in [0.29, 0.717) is 30.8 Å². The summed E-state index contributed by atoms with van der Waals surface area (Å²) in [5, 5.41) is 3.03. The molecule has 0 saturated heterocycles. The number of methoxy groups -OCH3 is 1. The number of carbonyl (C=O) groups is 2. The lowest BCUT2D eigenvalue weighted by atomic mass is 10.0. The first-order valence-electron chi connectivity index (χ1n) is 14.8. The number of amides is 2. The second-order valence-corrected chi connectivity index (χ2v) is 12.8. The highest BCUT2D eigenvalue weighted by Gasteiger charge is 2.30. The van der Waals surface area contributed by atoms with Gasteiger partial charge in [-0.1, -0.05) is 67.9 Å². The number of nitrogens with zero attached hydrogens (tertiary/aromatic N) is 2. The number of rotatable bonds is 16. The molecule has 2 amide bonds. The Labute approximate surface area is 257 Å². The number of hydrogen-bond donors (Lipinski definition) is 1. The standard InChI is InChI=1S/C34H45N3O5S/c1-6-7-21-35-34(39)32(24-28-15-9-8-10-16-28)36(25-29-17-12-18-30(23-29)42-4)33(38)20-13-22-37(43(5,40)41)31-19-11-14-26(2)27(31)3/h8-12,14-19,23,32H,6-7,13,20-22,24-25H2,1-5H3,(H,35,39)/t32-/m1/s1. The maximum atomic E-state index is 14.0. The van der Waals surface area contributed by atoms with E-state index in [0.717, 1.165) is 35.1 Å². The van der Waals surface area contributed by atoms with Gasteiger partial charge in [0.05, 0.1) is 19.1 Å². The number of ether oxygens (including phenoxy) is 1. The van der Waals surface area contributed by atoms with Crippen LogP contribution >= 0.6 is 0 Å². The second-order valence-electron chi connectivity index (χ2n) is 10.9. The molecule has 0 fully saturated rings. The smallest absolute Gasteiger partial charge is 0.243 e. The average molecular weight is 608 g/mol. The summed E-state index contributed by atoms with van der Waals surface area (Å²) in [5.74, 6) is 0.236. The number of anilines is 1. The van der Waals surface area contributed by atoms with Crippen LogP contribution in [-0.2, 0) is 32.6 Å². The van der Waals surface area contributed by atoms with E-state index in [1.165, 1.54) is 10.6 Å². The molecule has 8 nitrogen and oxygen atoms in total. The van der Waals surface area contributed by atoms with Crippen molar-refractivity contribution in [2.75, 3.05) is 30.8 Å². The van der Waals surface area contributed by atoms with Crippen LogP contribution in [0.15, 0.2) is 72.8 Å². The third-order valence-electron chi connectivity index (χ3n) is 7.58. The van der Waals surface area contributed by atoms with Crippen LogP contribution in [0.2, 0.25) is 0 Å². The average Bonchev–Trinajstić information content (AvgIpc) is 2.98. The highest BCUT2D eigenvalue weighted by molar-refractivity contribution is 7.92. The van der Waals surface area contributed by atoms with Crippen LogP contribution in [0.3, 0.4) is 0 Å². The first-order chi connectivity index (χ1) is 20.5. The molecule has 0 spiro atoms. The summed E-state index contributed by atoms with van der Waals surface area (Å²) in [6.07, 6.45) is 3.69. The van der Waals surface area contributed by atoms with E-state index in [-0.39, 0.29) is 31.3 Å². The van der Waals surface area contributed by atoms with Crippen molar-refractivity contribution >= 4 is 27.5 Å². The number of aryl methyl sites for hydroxylation is 1. The summed E-state index contributed by atoms with van der Waals surface area (Å²) < 4.78 is 32.4. The highest BCUT2D eigenvalue weighted by atomic mass is 32.2. The highest BCUT2D eigenvalue weighted by Crippen LogP contribution is 2.26. The molecule has 0 aliphatic rings. The molecular weight excluding hydrogens is 562 g/mol. The molecular formula is C34H45N3O5S. The maximum absolute atomic E-state index is 14.0. The third-order valence-corrected chi connectivity index (χ3v) is 8.76. The second kappa shape index (κ2) is 16.1. The van der Waals surface area contributed by atoms with Crippen molar-refractivity contribution in [1.29, 1.82) is 0 Å². The maximum Gasteiger partial charge on any atom is 0.243 e. The first kappa shape index (κ1) is 33.6. The minimum Gasteiger partial charge on any atom is -0.497 e. The van der Waals surface area contributed by atoms with E-state index >= 15 is 0 Å². The van der Waals surface area contributed by atoms with Crippen molar-refractivity contribution in [2.45, 2.75) is 65.5 Å². The van der Waals surface area contributed by atoms with Crippen molar-refractivity contribution in [3.05, 3.63) is 95.1 Å². The van der Waals surface area contributed by atoms with E-state index in [9.17, 15) is 18.0 Å². The number of unbranched alkanes of at least 4 members (excludes halogenated alkanes) is 1. The molecule has 0 aliphatic carbocycles. The third kappa shape index (κ3) is 9.85. The molecule has 0 aromatic heterocycles. The molecule has 1 atom stereocenters. The number of benzene rings is 3. The Bertz CT molecular complexity index is 1460. The van der Waals surface area contributed by atoms with Crippen LogP contribution in [0.4, 0.5) is 5.69 Å². The molecule has 0 heterocycles. The first-order valence-corrected chi connectivity index (χ1v) is 16.7. The molecule has 0 aliphatic heterocycles. The summed E-state index contributed by atoms with van der Waals surface area (Å²) in [6, 6.07) is 21.9. The SMILES string of the molecule is CCCCNC(=O)[C@@H](Cc1ccccc1)N(Cc1cccc(OC)c1)C(=O)CCCN(c1cccc(C)c1C)S(C)(=O)=O. The summed E-state index contributed by atoms with van der Waals surface area (Å²) in [4.78, 5) is 29.3. The van der Waals surface area contributed by atoms with E-state index in [2.05, 4.69) is 12.2 Å². The minimum absolute atomic E-state index is 0.0778. The van der Waals surface area contributed by atoms with E-state index < -0.39 is 16.1 Å². The van der Waals surface area contributed by atoms with E-state index in [1.54, 1.807) is 18.1 Å². The molecule has 43 heavy (non-hydrogen) atoms. The fraction of sp³-hybridized carbons (Fsp3) is 0.412. The van der Waals surface area contributed by atoms with Crippen molar-refractivity contribution in [2.24, 2.45) is 0 Å². The quantitative estimate of drug-likeness (QED) is 0.220. The molecule has 3 aromatic rings. The largest absolute Gasteiger partial charge is 0.497 e. The van der Waals surface area contributed by atoms with Crippen molar-refractivity contribution < 1.29 is 22.7 Å². The zero-order valence-corrected chi connectivity index (χ0v) is 26.8. The molecule has 9 heteroatoms. The van der Waals surface area contributed by atoms with Crippen molar-refractivity contribution in [3.8, 4) is 5.75 Å². The Hall–Kier alpha value is -3.85. The number of hydrogen-bond acceptors (Lipinski definition) is 5. The van der Waals surface area contributed by atoms with Gasteiger partial charge in [0.25, 0.3) is 0 Å². The summed E-state index contributed by atoms with van der Waals surface area (Å²) in [6.45, 7) is 6.79. The number of sulfonamides is 1. The van der Waals surface area contributed by atoms with Gasteiger partial charge in [0, 0.05) is 32.5 Å². The van der Waals surface area contributed by atoms with Gasteiger partial charge in [-0.2, -0.15) is 0 Å². The van der Waals surface area contributed by atoms with Gasteiger partial charge in [-0.3, -0.25) is 13.9 Å². The van der Waals surface area contributed by atoms with Gasteiger partial charge >= 0.3 is 0 Å². The lowest BCUT2D eigenvalue weighted by Crippen LogP contribution is -2.50. The van der Waals surface area contributed by atoms with Gasteiger partial charge in [-0.25, -0.2) is 8.42 Å². The Kier molecular flexibility index (Phi) is 12.6. The normalized spacial score (nSPS) is 11.9. The molecule has 0 radical (unpaired) electrons. The number of carbonyl (C=O) groups excluding carboxylic acids is 2. The molecule has 232 valence electrons. The van der Waals surface area contributed by atoms with Crippen molar-refractivity contribution in [3.63, 3.8) is 0 Å². The van der Waals surface area contributed by atoms with Crippen LogP contribution < -0.4 is 14.4 Å². The van der Waals surface area contributed by atoms with Crippen LogP contribution in [0, 0.1) is 13.8 Å². The molecule has 3 rings (SSSR count). The van der Waals surface area contributed by atoms with Crippen LogP contribution in [0.1, 0.15) is 54.9 Å². The van der Waals surface area contributed by atoms with E-state index in [4.69, 9.17) is 4.74 Å². The zero-order chi connectivity index (χ0) is 31.4. The Morgan fingerprint density at radius 3 is 2.30 bits per heavy atom.